The molecule has 0 fully saturated rings. The van der Waals surface area contributed by atoms with E-state index in [4.69, 9.17) is 33.8 Å². The molecule has 1 rings (SSSR count). The number of azide groups is 1. The minimum absolute atomic E-state index is 0.247. The van der Waals surface area contributed by atoms with Crippen LogP contribution >= 0.6 is 23.2 Å². The fourth-order valence-electron chi connectivity index (χ4n) is 0.923. The summed E-state index contributed by atoms with van der Waals surface area (Å²) >= 11 is 11.4. The average Bonchev–Trinajstić information content (AvgIpc) is 2.15. The number of rotatable bonds is 3. The predicted octanol–water partition coefficient (Wildman–Crippen LogP) is 2.73. The molecule has 1 unspecified atom stereocenters. The highest BCUT2D eigenvalue weighted by molar-refractivity contribution is 6.34. The zero-order valence-electron chi connectivity index (χ0n) is 6.93. The quantitative estimate of drug-likeness (QED) is 0.376. The Bertz CT molecular complexity index is 378. The third-order valence-corrected chi connectivity index (χ3v) is 2.11. The zero-order valence-corrected chi connectivity index (χ0v) is 8.44. The first-order chi connectivity index (χ1) is 6.69. The van der Waals surface area contributed by atoms with Crippen molar-refractivity contribution in [1.82, 2.24) is 4.98 Å². The number of hydrogen-bond acceptors (Lipinski definition) is 3. The van der Waals surface area contributed by atoms with E-state index in [0.29, 0.717) is 10.6 Å². The molecule has 1 atom stereocenters. The number of hydrogen-bond donors (Lipinski definition) is 1. The van der Waals surface area contributed by atoms with Crippen molar-refractivity contribution in [3.63, 3.8) is 0 Å². The first-order valence-electron chi connectivity index (χ1n) is 3.65. The van der Waals surface area contributed by atoms with Crippen molar-refractivity contribution in [3.8, 4) is 0 Å². The highest BCUT2D eigenvalue weighted by Gasteiger charge is 2.12. The van der Waals surface area contributed by atoms with Crippen LogP contribution < -0.4 is 0 Å². The molecule has 0 aliphatic carbocycles. The van der Waals surface area contributed by atoms with Gasteiger partial charge in [0.05, 0.1) is 12.6 Å². The molecule has 14 heavy (non-hydrogen) atoms. The summed E-state index contributed by atoms with van der Waals surface area (Å²) in [5, 5.41) is 12.8. The van der Waals surface area contributed by atoms with E-state index in [9.17, 15) is 0 Å². The molecule has 0 spiro atoms. The Hall–Kier alpha value is -1.000. The van der Waals surface area contributed by atoms with Gasteiger partial charge in [0.25, 0.3) is 0 Å². The summed E-state index contributed by atoms with van der Waals surface area (Å²) in [5.74, 6) is 0. The van der Waals surface area contributed by atoms with Crippen molar-refractivity contribution < 1.29 is 5.11 Å². The molecule has 74 valence electrons. The van der Waals surface area contributed by atoms with E-state index >= 15 is 0 Å². The number of aromatic nitrogens is 1. The largest absolute Gasteiger partial charge is 0.396 e. The molecular formula is C7H6Cl2N4O. The monoisotopic (exact) mass is 232 g/mol. The Balaban J connectivity index is 3.10. The second-order valence-electron chi connectivity index (χ2n) is 2.43. The first kappa shape index (κ1) is 11.1. The van der Waals surface area contributed by atoms with Crippen LogP contribution in [0.5, 0.6) is 0 Å². The molecule has 0 aliphatic rings. The molecule has 0 saturated heterocycles. The maximum Gasteiger partial charge on any atom is 0.130 e. The van der Waals surface area contributed by atoms with Gasteiger partial charge < -0.3 is 5.11 Å². The van der Waals surface area contributed by atoms with E-state index in [1.165, 1.54) is 12.3 Å². The minimum Gasteiger partial charge on any atom is -0.396 e. The number of aliphatic hydroxyl groups is 1. The summed E-state index contributed by atoms with van der Waals surface area (Å²) < 4.78 is 0. The van der Waals surface area contributed by atoms with E-state index in [1.54, 1.807) is 0 Å². The molecule has 0 aromatic carbocycles. The maximum atomic E-state index is 8.92. The van der Waals surface area contributed by atoms with Gasteiger partial charge in [-0.1, -0.05) is 28.3 Å². The summed E-state index contributed by atoms with van der Waals surface area (Å²) in [7, 11) is 0. The van der Waals surface area contributed by atoms with Gasteiger partial charge in [0.15, 0.2) is 0 Å². The summed E-state index contributed by atoms with van der Waals surface area (Å²) in [6.07, 6.45) is 1.38. The van der Waals surface area contributed by atoms with E-state index in [1.807, 2.05) is 0 Å². The van der Waals surface area contributed by atoms with Crippen LogP contribution in [-0.4, -0.2) is 16.7 Å². The molecule has 0 saturated carbocycles. The maximum absolute atomic E-state index is 8.92. The van der Waals surface area contributed by atoms with Crippen LogP contribution in [-0.2, 0) is 0 Å². The summed E-state index contributed by atoms with van der Waals surface area (Å²) in [4.78, 5) is 6.37. The van der Waals surface area contributed by atoms with Gasteiger partial charge in [-0.05, 0) is 11.6 Å². The molecule has 1 N–H and O–H groups in total. The highest BCUT2D eigenvalue weighted by Crippen LogP contribution is 2.26. The van der Waals surface area contributed by atoms with Gasteiger partial charge in [0.2, 0.25) is 0 Å². The molecular weight excluding hydrogens is 227 g/mol. The molecule has 0 radical (unpaired) electrons. The van der Waals surface area contributed by atoms with Gasteiger partial charge in [-0.15, -0.1) is 0 Å². The number of halogens is 2. The molecule has 0 bridgehead atoms. The normalized spacial score (nSPS) is 11.9. The number of nitrogens with zero attached hydrogens (tertiary/aromatic N) is 4. The van der Waals surface area contributed by atoms with E-state index in [-0.39, 0.29) is 11.8 Å². The lowest BCUT2D eigenvalue weighted by atomic mass is 10.1. The molecule has 0 aliphatic heterocycles. The third-order valence-electron chi connectivity index (χ3n) is 1.57. The van der Waals surface area contributed by atoms with E-state index in [2.05, 4.69) is 15.0 Å². The van der Waals surface area contributed by atoms with Crippen molar-refractivity contribution >= 4 is 23.2 Å². The van der Waals surface area contributed by atoms with Crippen molar-refractivity contribution in [3.05, 3.63) is 38.4 Å². The van der Waals surface area contributed by atoms with Crippen LogP contribution in [0.3, 0.4) is 0 Å². The Morgan fingerprint density at radius 1 is 1.64 bits per heavy atom. The Morgan fingerprint density at radius 2 is 2.36 bits per heavy atom. The van der Waals surface area contributed by atoms with Gasteiger partial charge in [-0.2, -0.15) is 0 Å². The van der Waals surface area contributed by atoms with Gasteiger partial charge in [-0.25, -0.2) is 4.98 Å². The molecule has 1 heterocycles. The summed E-state index contributed by atoms with van der Waals surface area (Å²) in [5.41, 5.74) is 8.69. The standard InChI is InChI=1S/C7H6Cl2N4O/c8-5-1-7(9)11-2-4(5)6(3-14)12-13-10/h1-2,6,14H,3H2. The molecule has 1 aromatic heterocycles. The van der Waals surface area contributed by atoms with Crippen LogP contribution in [0.1, 0.15) is 11.6 Å². The van der Waals surface area contributed by atoms with Crippen LogP contribution in [0, 0.1) is 0 Å². The number of aliphatic hydroxyl groups excluding tert-OH is 1. The lowest BCUT2D eigenvalue weighted by Crippen LogP contribution is -2.01. The van der Waals surface area contributed by atoms with Crippen LogP contribution in [0.2, 0.25) is 10.2 Å². The Morgan fingerprint density at radius 3 is 2.86 bits per heavy atom. The smallest absolute Gasteiger partial charge is 0.130 e. The van der Waals surface area contributed by atoms with Crippen molar-refractivity contribution in [2.45, 2.75) is 6.04 Å². The van der Waals surface area contributed by atoms with E-state index in [0.717, 1.165) is 0 Å². The third kappa shape index (κ3) is 2.49. The van der Waals surface area contributed by atoms with E-state index < -0.39 is 6.04 Å². The van der Waals surface area contributed by atoms with Crippen molar-refractivity contribution in [2.24, 2.45) is 5.11 Å². The lowest BCUT2D eigenvalue weighted by Gasteiger charge is -2.09. The SMILES string of the molecule is [N-]=[N+]=NC(CO)c1cnc(Cl)cc1Cl. The lowest BCUT2D eigenvalue weighted by molar-refractivity contribution is 0.268. The van der Waals surface area contributed by atoms with Gasteiger partial charge >= 0.3 is 0 Å². The molecule has 5 nitrogen and oxygen atoms in total. The second kappa shape index (κ2) is 5.02. The van der Waals surface area contributed by atoms with Crippen molar-refractivity contribution in [1.29, 1.82) is 0 Å². The minimum atomic E-state index is -0.725. The topological polar surface area (TPSA) is 81.9 Å². The van der Waals surface area contributed by atoms with Gasteiger partial charge in [-0.3, -0.25) is 0 Å². The fraction of sp³-hybridized carbons (Fsp3) is 0.286. The van der Waals surface area contributed by atoms with Crippen LogP contribution in [0.4, 0.5) is 0 Å². The Labute approximate surface area is 89.9 Å². The predicted molar refractivity (Wildman–Crippen MR) is 53.2 cm³/mol. The average molecular weight is 233 g/mol. The summed E-state index contributed by atoms with van der Waals surface area (Å²) in [6.45, 7) is -0.326. The highest BCUT2D eigenvalue weighted by atomic mass is 35.5. The Kier molecular flexibility index (Phi) is 3.98. The first-order valence-corrected chi connectivity index (χ1v) is 4.40. The van der Waals surface area contributed by atoms with Crippen molar-refractivity contribution in [2.75, 3.05) is 6.61 Å². The molecule has 0 amide bonds. The second-order valence-corrected chi connectivity index (χ2v) is 3.23. The van der Waals surface area contributed by atoms with Crippen LogP contribution in [0.25, 0.3) is 10.4 Å². The van der Waals surface area contributed by atoms with Gasteiger partial charge in [0.1, 0.15) is 5.15 Å². The van der Waals surface area contributed by atoms with Crippen LogP contribution in [0.15, 0.2) is 17.4 Å². The molecule has 7 heteroatoms. The fourth-order valence-corrected chi connectivity index (χ4v) is 1.41. The molecule has 1 aromatic rings. The zero-order chi connectivity index (χ0) is 10.6. The summed E-state index contributed by atoms with van der Waals surface area (Å²) in [6, 6.07) is 0.700. The number of pyridine rings is 1. The van der Waals surface area contributed by atoms with Gasteiger partial charge in [0, 0.05) is 21.7 Å².